The number of aromatic nitrogens is 3. The van der Waals surface area contributed by atoms with Crippen LogP contribution < -0.4 is 10.1 Å². The van der Waals surface area contributed by atoms with E-state index in [2.05, 4.69) is 74.6 Å². The third-order valence-electron chi connectivity index (χ3n) is 5.40. The molecule has 0 saturated heterocycles. The molecule has 0 spiro atoms. The molecule has 0 atom stereocenters. The Hall–Kier alpha value is -4.12. The number of hydrogen-bond acceptors (Lipinski definition) is 4. The van der Waals surface area contributed by atoms with Crippen LogP contribution in [0.2, 0.25) is 0 Å². The first-order valence-electron chi connectivity index (χ1n) is 10.8. The van der Waals surface area contributed by atoms with Gasteiger partial charge in [-0.1, -0.05) is 60.7 Å². The van der Waals surface area contributed by atoms with Gasteiger partial charge in [0.25, 0.3) is 0 Å². The third kappa shape index (κ3) is 3.93. The van der Waals surface area contributed by atoms with E-state index in [-0.39, 0.29) is 0 Å². The van der Waals surface area contributed by atoms with Crippen molar-refractivity contribution in [3.05, 3.63) is 103 Å². The van der Waals surface area contributed by atoms with E-state index in [1.807, 2.05) is 43.3 Å². The van der Waals surface area contributed by atoms with Gasteiger partial charge in [-0.25, -0.2) is 9.97 Å². The Morgan fingerprint density at radius 3 is 2.28 bits per heavy atom. The fourth-order valence-electron chi connectivity index (χ4n) is 3.88. The molecule has 0 fully saturated rings. The largest absolute Gasteiger partial charge is 0.494 e. The Bertz CT molecular complexity index is 1310. The molecule has 5 aromatic rings. The van der Waals surface area contributed by atoms with Gasteiger partial charge in [0.05, 0.1) is 12.0 Å². The third-order valence-corrected chi connectivity index (χ3v) is 5.40. The van der Waals surface area contributed by atoms with Crippen LogP contribution >= 0.6 is 0 Å². The van der Waals surface area contributed by atoms with Gasteiger partial charge in [0.15, 0.2) is 5.65 Å². The molecule has 0 aliphatic heterocycles. The molecule has 2 heterocycles. The molecule has 5 rings (SSSR count). The SMILES string of the molecule is CCOc1ccc(-n2cc(-c3ccccc3)c3c(NCc4ccccc4)ncnc32)cc1. The highest BCUT2D eigenvalue weighted by Gasteiger charge is 2.17. The lowest BCUT2D eigenvalue weighted by molar-refractivity contribution is 0.340. The molecule has 5 nitrogen and oxygen atoms in total. The Morgan fingerprint density at radius 2 is 1.56 bits per heavy atom. The first-order chi connectivity index (χ1) is 15.8. The van der Waals surface area contributed by atoms with E-state index in [0.717, 1.165) is 39.4 Å². The number of nitrogens with zero attached hydrogens (tertiary/aromatic N) is 3. The fourth-order valence-corrected chi connectivity index (χ4v) is 3.88. The van der Waals surface area contributed by atoms with Crippen molar-refractivity contribution in [2.75, 3.05) is 11.9 Å². The minimum atomic E-state index is 0.646. The summed E-state index contributed by atoms with van der Waals surface area (Å²) in [6.45, 7) is 3.32. The van der Waals surface area contributed by atoms with Crippen LogP contribution in [0.25, 0.3) is 27.8 Å². The average Bonchev–Trinajstić information content (AvgIpc) is 3.25. The minimum absolute atomic E-state index is 0.646. The minimum Gasteiger partial charge on any atom is -0.494 e. The first kappa shape index (κ1) is 19.8. The number of anilines is 1. The predicted molar refractivity (Wildman–Crippen MR) is 129 cm³/mol. The van der Waals surface area contributed by atoms with Crippen molar-refractivity contribution in [1.82, 2.24) is 14.5 Å². The Labute approximate surface area is 187 Å². The Morgan fingerprint density at radius 1 is 0.844 bits per heavy atom. The summed E-state index contributed by atoms with van der Waals surface area (Å²) >= 11 is 0. The molecule has 32 heavy (non-hydrogen) atoms. The van der Waals surface area contributed by atoms with Crippen molar-refractivity contribution >= 4 is 16.9 Å². The van der Waals surface area contributed by atoms with Crippen LogP contribution in [0.5, 0.6) is 5.75 Å². The van der Waals surface area contributed by atoms with Crippen LogP contribution in [-0.4, -0.2) is 21.1 Å². The lowest BCUT2D eigenvalue weighted by atomic mass is 10.1. The second-order valence-electron chi connectivity index (χ2n) is 7.47. The highest BCUT2D eigenvalue weighted by atomic mass is 16.5. The highest BCUT2D eigenvalue weighted by molar-refractivity contribution is 6.02. The number of nitrogens with one attached hydrogen (secondary N) is 1. The molecule has 5 heteroatoms. The van der Waals surface area contributed by atoms with Gasteiger partial charge in [0.2, 0.25) is 0 Å². The molecule has 0 amide bonds. The summed E-state index contributed by atoms with van der Waals surface area (Å²) in [5, 5.41) is 4.52. The van der Waals surface area contributed by atoms with Crippen LogP contribution in [0.1, 0.15) is 12.5 Å². The summed E-state index contributed by atoms with van der Waals surface area (Å²) in [4.78, 5) is 9.26. The topological polar surface area (TPSA) is 52.0 Å². The Kier molecular flexibility index (Phi) is 5.54. The number of ether oxygens (including phenoxy) is 1. The molecular weight excluding hydrogens is 396 g/mol. The van der Waals surface area contributed by atoms with E-state index in [1.54, 1.807) is 6.33 Å². The molecular formula is C27H24N4O. The van der Waals surface area contributed by atoms with Crippen molar-refractivity contribution in [3.8, 4) is 22.6 Å². The van der Waals surface area contributed by atoms with Gasteiger partial charge in [-0.3, -0.25) is 0 Å². The maximum Gasteiger partial charge on any atom is 0.150 e. The maximum atomic E-state index is 5.61. The lowest BCUT2D eigenvalue weighted by Gasteiger charge is -2.09. The zero-order valence-electron chi connectivity index (χ0n) is 17.9. The van der Waals surface area contributed by atoms with E-state index in [9.17, 15) is 0 Å². The Balaban J connectivity index is 1.62. The molecule has 3 aromatic carbocycles. The van der Waals surface area contributed by atoms with Crippen LogP contribution in [0.3, 0.4) is 0 Å². The summed E-state index contributed by atoms with van der Waals surface area (Å²) in [5.41, 5.74) is 5.30. The van der Waals surface area contributed by atoms with Gasteiger partial charge in [-0.05, 0) is 42.3 Å². The van der Waals surface area contributed by atoms with Crippen LogP contribution in [0.15, 0.2) is 97.5 Å². The quantitative estimate of drug-likeness (QED) is 0.346. The highest BCUT2D eigenvalue weighted by Crippen LogP contribution is 2.35. The number of hydrogen-bond donors (Lipinski definition) is 1. The van der Waals surface area contributed by atoms with Crippen LogP contribution in [0.4, 0.5) is 5.82 Å². The van der Waals surface area contributed by atoms with Crippen molar-refractivity contribution in [1.29, 1.82) is 0 Å². The molecule has 0 saturated carbocycles. The van der Waals surface area contributed by atoms with Crippen molar-refractivity contribution < 1.29 is 4.74 Å². The van der Waals surface area contributed by atoms with Gasteiger partial charge >= 0.3 is 0 Å². The summed E-state index contributed by atoms with van der Waals surface area (Å²) < 4.78 is 7.72. The molecule has 2 aromatic heterocycles. The van der Waals surface area contributed by atoms with Gasteiger partial charge in [-0.15, -0.1) is 0 Å². The molecule has 0 bridgehead atoms. The smallest absolute Gasteiger partial charge is 0.150 e. The lowest BCUT2D eigenvalue weighted by Crippen LogP contribution is -2.03. The fraction of sp³-hybridized carbons (Fsp3) is 0.111. The van der Waals surface area contributed by atoms with E-state index in [4.69, 9.17) is 4.74 Å². The molecule has 1 N–H and O–H groups in total. The van der Waals surface area contributed by atoms with Crippen molar-refractivity contribution in [2.24, 2.45) is 0 Å². The van der Waals surface area contributed by atoms with E-state index in [1.165, 1.54) is 5.56 Å². The van der Waals surface area contributed by atoms with E-state index >= 15 is 0 Å². The molecule has 0 unspecified atom stereocenters. The van der Waals surface area contributed by atoms with Gasteiger partial charge in [-0.2, -0.15) is 0 Å². The summed E-state index contributed by atoms with van der Waals surface area (Å²) in [6, 6.07) is 28.8. The molecule has 0 aliphatic rings. The zero-order valence-corrected chi connectivity index (χ0v) is 17.9. The maximum absolute atomic E-state index is 5.61. The van der Waals surface area contributed by atoms with E-state index in [0.29, 0.717) is 13.2 Å². The zero-order chi connectivity index (χ0) is 21.8. The van der Waals surface area contributed by atoms with Crippen LogP contribution in [-0.2, 0) is 6.54 Å². The monoisotopic (exact) mass is 420 g/mol. The predicted octanol–water partition coefficient (Wildman–Crippen LogP) is 6.10. The number of fused-ring (bicyclic) bond motifs is 1. The van der Waals surface area contributed by atoms with Crippen molar-refractivity contribution in [2.45, 2.75) is 13.5 Å². The van der Waals surface area contributed by atoms with Crippen LogP contribution in [0, 0.1) is 0 Å². The van der Waals surface area contributed by atoms with Crippen molar-refractivity contribution in [3.63, 3.8) is 0 Å². The van der Waals surface area contributed by atoms with Gasteiger partial charge in [0, 0.05) is 24.0 Å². The van der Waals surface area contributed by atoms with Gasteiger partial charge < -0.3 is 14.6 Å². The average molecular weight is 421 g/mol. The summed E-state index contributed by atoms with van der Waals surface area (Å²) in [7, 11) is 0. The second kappa shape index (κ2) is 8.94. The first-order valence-corrected chi connectivity index (χ1v) is 10.8. The molecule has 0 radical (unpaired) electrons. The number of rotatable bonds is 7. The summed E-state index contributed by atoms with van der Waals surface area (Å²) in [6.07, 6.45) is 3.76. The second-order valence-corrected chi connectivity index (χ2v) is 7.47. The normalized spacial score (nSPS) is 10.9. The molecule has 0 aliphatic carbocycles. The molecule has 158 valence electrons. The standard InChI is InChI=1S/C27H24N4O/c1-2-32-23-15-13-22(14-16-23)31-18-24(21-11-7-4-8-12-21)25-26(29-19-30-27(25)31)28-17-20-9-5-3-6-10-20/h3-16,18-19H,2,17H2,1H3,(H,28,29,30). The summed E-state index contributed by atoms with van der Waals surface area (Å²) in [5.74, 6) is 1.68. The van der Waals surface area contributed by atoms with E-state index < -0.39 is 0 Å². The van der Waals surface area contributed by atoms with Gasteiger partial charge in [0.1, 0.15) is 17.9 Å². The number of benzene rings is 3.